The zero-order chi connectivity index (χ0) is 11.8. The van der Waals surface area contributed by atoms with Crippen LogP contribution in [-0.4, -0.2) is 22.9 Å². The summed E-state index contributed by atoms with van der Waals surface area (Å²) in [6.07, 6.45) is 1.66. The summed E-state index contributed by atoms with van der Waals surface area (Å²) < 4.78 is 30.4. The number of aromatic nitrogens is 2. The molecule has 0 aliphatic carbocycles. The maximum absolute atomic E-state index is 10.8. The summed E-state index contributed by atoms with van der Waals surface area (Å²) in [5.74, 6) is 0.786. The lowest BCUT2D eigenvalue weighted by Gasteiger charge is -1.99. The Morgan fingerprint density at radius 1 is 1.25 bits per heavy atom. The number of rotatable bonds is 2. The van der Waals surface area contributed by atoms with Gasteiger partial charge < -0.3 is 4.98 Å². The number of hydrogen-bond donors (Lipinski definition) is 2. The minimum absolute atomic E-state index is 0.118. The van der Waals surface area contributed by atoms with Gasteiger partial charge in [0.15, 0.2) is 0 Å². The smallest absolute Gasteiger partial charge is 0.294 e. The molecule has 5 nitrogen and oxygen atoms in total. The quantitative estimate of drug-likeness (QED) is 0.779. The maximum Gasteiger partial charge on any atom is 0.294 e. The highest BCUT2D eigenvalue weighted by molar-refractivity contribution is 7.85. The molecule has 2 N–H and O–H groups in total. The van der Waals surface area contributed by atoms with Crippen LogP contribution >= 0.6 is 0 Å². The van der Waals surface area contributed by atoms with Crippen LogP contribution in [0.4, 0.5) is 0 Å². The SMILES string of the molecule is Cc1ncc(-c2ccc(S(=O)(=O)O)cc2)[nH]1. The van der Waals surface area contributed by atoms with Crippen molar-refractivity contribution in [2.75, 3.05) is 0 Å². The molecule has 1 aromatic carbocycles. The van der Waals surface area contributed by atoms with Crippen molar-refractivity contribution in [3.8, 4) is 11.3 Å². The third-order valence-corrected chi connectivity index (χ3v) is 3.03. The Labute approximate surface area is 92.9 Å². The summed E-state index contributed by atoms with van der Waals surface area (Å²) in [6, 6.07) is 5.91. The predicted octanol–water partition coefficient (Wildman–Crippen LogP) is 1.63. The molecule has 1 heterocycles. The Morgan fingerprint density at radius 2 is 1.88 bits per heavy atom. The minimum Gasteiger partial charge on any atom is -0.342 e. The number of benzene rings is 1. The third kappa shape index (κ3) is 2.12. The minimum atomic E-state index is -4.12. The fourth-order valence-corrected chi connectivity index (χ4v) is 1.85. The molecule has 0 spiro atoms. The summed E-state index contributed by atoms with van der Waals surface area (Å²) >= 11 is 0. The monoisotopic (exact) mass is 238 g/mol. The summed E-state index contributed by atoms with van der Waals surface area (Å²) in [5.41, 5.74) is 1.62. The van der Waals surface area contributed by atoms with E-state index < -0.39 is 10.1 Å². The number of hydrogen-bond acceptors (Lipinski definition) is 3. The lowest BCUT2D eigenvalue weighted by atomic mass is 10.2. The summed E-state index contributed by atoms with van der Waals surface area (Å²) in [6.45, 7) is 1.83. The van der Waals surface area contributed by atoms with Gasteiger partial charge in [-0.3, -0.25) is 4.55 Å². The first kappa shape index (κ1) is 10.8. The fourth-order valence-electron chi connectivity index (χ4n) is 1.37. The first-order chi connectivity index (χ1) is 7.47. The number of H-pyrrole nitrogens is 1. The van der Waals surface area contributed by atoms with Crippen molar-refractivity contribution in [1.29, 1.82) is 0 Å². The van der Waals surface area contributed by atoms with E-state index in [0.29, 0.717) is 0 Å². The van der Waals surface area contributed by atoms with Crippen LogP contribution < -0.4 is 0 Å². The Morgan fingerprint density at radius 3 is 2.31 bits per heavy atom. The highest BCUT2D eigenvalue weighted by Gasteiger charge is 2.09. The van der Waals surface area contributed by atoms with Crippen LogP contribution in [0, 0.1) is 6.92 Å². The largest absolute Gasteiger partial charge is 0.342 e. The molecule has 0 bridgehead atoms. The third-order valence-electron chi connectivity index (χ3n) is 2.17. The molecule has 0 aliphatic rings. The summed E-state index contributed by atoms with van der Waals surface area (Å²) in [5, 5.41) is 0. The molecule has 0 radical (unpaired) electrons. The number of nitrogens with one attached hydrogen (secondary N) is 1. The number of nitrogens with zero attached hydrogens (tertiary/aromatic N) is 1. The van der Waals surface area contributed by atoms with E-state index in [9.17, 15) is 8.42 Å². The molecule has 0 aliphatic heterocycles. The Balaban J connectivity index is 2.40. The Hall–Kier alpha value is -1.66. The molecule has 2 rings (SSSR count). The van der Waals surface area contributed by atoms with E-state index in [1.807, 2.05) is 6.92 Å². The molecule has 0 atom stereocenters. The van der Waals surface area contributed by atoms with Gasteiger partial charge >= 0.3 is 0 Å². The van der Waals surface area contributed by atoms with Gasteiger partial charge in [-0.1, -0.05) is 12.1 Å². The van der Waals surface area contributed by atoms with E-state index in [-0.39, 0.29) is 4.90 Å². The second-order valence-electron chi connectivity index (χ2n) is 3.38. The second-order valence-corrected chi connectivity index (χ2v) is 4.80. The fraction of sp³-hybridized carbons (Fsp3) is 0.100. The van der Waals surface area contributed by atoms with Crippen LogP contribution in [0.3, 0.4) is 0 Å². The van der Waals surface area contributed by atoms with Crippen molar-refractivity contribution < 1.29 is 13.0 Å². The van der Waals surface area contributed by atoms with Gasteiger partial charge in [0.05, 0.1) is 16.8 Å². The van der Waals surface area contributed by atoms with Gasteiger partial charge in [0.2, 0.25) is 0 Å². The molecular weight excluding hydrogens is 228 g/mol. The highest BCUT2D eigenvalue weighted by Crippen LogP contribution is 2.19. The van der Waals surface area contributed by atoms with Gasteiger partial charge in [-0.25, -0.2) is 4.98 Å². The molecule has 0 unspecified atom stereocenters. The molecule has 84 valence electrons. The molecule has 0 amide bonds. The van der Waals surface area contributed by atoms with Crippen LogP contribution in [0.2, 0.25) is 0 Å². The van der Waals surface area contributed by atoms with Gasteiger partial charge in [0.1, 0.15) is 5.82 Å². The summed E-state index contributed by atoms with van der Waals surface area (Å²) in [4.78, 5) is 6.95. The first-order valence-electron chi connectivity index (χ1n) is 4.56. The zero-order valence-corrected chi connectivity index (χ0v) is 9.32. The standard InChI is InChI=1S/C10H10N2O3S/c1-7-11-6-10(12-7)8-2-4-9(5-3-8)16(13,14)15/h2-6H,1H3,(H,11,12)(H,13,14,15). The molecule has 16 heavy (non-hydrogen) atoms. The summed E-state index contributed by atoms with van der Waals surface area (Å²) in [7, 11) is -4.12. The number of aryl methyl sites for hydroxylation is 1. The lowest BCUT2D eigenvalue weighted by Crippen LogP contribution is -1.97. The van der Waals surface area contributed by atoms with E-state index in [1.54, 1.807) is 18.3 Å². The second kappa shape index (κ2) is 3.73. The molecule has 0 fully saturated rings. The molecule has 2 aromatic rings. The Bertz CT molecular complexity index is 599. The lowest BCUT2D eigenvalue weighted by molar-refractivity contribution is 0.483. The first-order valence-corrected chi connectivity index (χ1v) is 6.00. The predicted molar refractivity (Wildman–Crippen MR) is 58.6 cm³/mol. The maximum atomic E-state index is 10.8. The van der Waals surface area contributed by atoms with Crippen molar-refractivity contribution >= 4 is 10.1 Å². The number of imidazole rings is 1. The molecule has 0 saturated heterocycles. The average Bonchev–Trinajstić information content (AvgIpc) is 2.64. The van der Waals surface area contributed by atoms with Crippen molar-refractivity contribution in [1.82, 2.24) is 9.97 Å². The molecule has 0 saturated carbocycles. The molecule has 1 aromatic heterocycles. The zero-order valence-electron chi connectivity index (χ0n) is 8.51. The van der Waals surface area contributed by atoms with Crippen molar-refractivity contribution in [3.05, 3.63) is 36.3 Å². The van der Waals surface area contributed by atoms with Crippen molar-refractivity contribution in [2.24, 2.45) is 0 Å². The van der Waals surface area contributed by atoms with Gasteiger partial charge in [0.25, 0.3) is 10.1 Å². The Kier molecular flexibility index (Phi) is 2.53. The van der Waals surface area contributed by atoms with Crippen LogP contribution in [0.1, 0.15) is 5.82 Å². The van der Waals surface area contributed by atoms with E-state index in [4.69, 9.17) is 4.55 Å². The van der Waals surface area contributed by atoms with Crippen LogP contribution in [-0.2, 0) is 10.1 Å². The number of aromatic amines is 1. The van der Waals surface area contributed by atoms with E-state index in [0.717, 1.165) is 17.1 Å². The topological polar surface area (TPSA) is 83.1 Å². The molecule has 6 heteroatoms. The van der Waals surface area contributed by atoms with E-state index in [1.165, 1.54) is 12.1 Å². The van der Waals surface area contributed by atoms with Crippen LogP contribution in [0.25, 0.3) is 11.3 Å². The van der Waals surface area contributed by atoms with Gasteiger partial charge in [-0.2, -0.15) is 8.42 Å². The van der Waals surface area contributed by atoms with Crippen LogP contribution in [0.15, 0.2) is 35.4 Å². The van der Waals surface area contributed by atoms with Gasteiger partial charge in [-0.15, -0.1) is 0 Å². The van der Waals surface area contributed by atoms with E-state index in [2.05, 4.69) is 9.97 Å². The van der Waals surface area contributed by atoms with Crippen molar-refractivity contribution in [2.45, 2.75) is 11.8 Å². The van der Waals surface area contributed by atoms with E-state index >= 15 is 0 Å². The molecular formula is C10H10N2O3S. The van der Waals surface area contributed by atoms with Crippen molar-refractivity contribution in [3.63, 3.8) is 0 Å². The van der Waals surface area contributed by atoms with Gasteiger partial charge in [0, 0.05) is 0 Å². The van der Waals surface area contributed by atoms with Gasteiger partial charge in [-0.05, 0) is 24.6 Å². The highest BCUT2D eigenvalue weighted by atomic mass is 32.2. The average molecular weight is 238 g/mol. The van der Waals surface area contributed by atoms with Crippen LogP contribution in [0.5, 0.6) is 0 Å². The normalized spacial score (nSPS) is 11.6.